The van der Waals surface area contributed by atoms with Crippen LogP contribution < -0.4 is 4.90 Å². The second-order valence-corrected chi connectivity index (χ2v) is 15.2. The first-order valence-corrected chi connectivity index (χ1v) is 19.5. The van der Waals surface area contributed by atoms with Gasteiger partial charge in [-0.1, -0.05) is 133 Å². The standard InChI is InChI=1S/C52H33NOS/c1-2-10-38-32-41(24-23-34(38)9-1)40-12-7-11-39(31-40)37-21-19-35(20-22-37)36-25-27-42(28-26-36)53(43-29-30-49-46(33-43)44-13-3-5-16-48(44)54-49)47-15-8-18-51-52(47)45-14-4-6-17-50(45)55-51/h1-33H. The van der Waals surface area contributed by atoms with E-state index in [0.717, 1.165) is 39.0 Å². The molecule has 9 aromatic carbocycles. The lowest BCUT2D eigenvalue weighted by Crippen LogP contribution is -2.10. The van der Waals surface area contributed by atoms with Crippen molar-refractivity contribution in [3.05, 3.63) is 200 Å². The van der Waals surface area contributed by atoms with Gasteiger partial charge in [0, 0.05) is 42.3 Å². The maximum absolute atomic E-state index is 6.24. The fourth-order valence-corrected chi connectivity index (χ4v) is 9.25. The van der Waals surface area contributed by atoms with Gasteiger partial charge in [0.25, 0.3) is 0 Å². The fraction of sp³-hybridized carbons (Fsp3) is 0. The number of hydrogen-bond donors (Lipinski definition) is 0. The van der Waals surface area contributed by atoms with Crippen molar-refractivity contribution in [1.29, 1.82) is 0 Å². The Kier molecular flexibility index (Phi) is 7.39. The molecule has 11 rings (SSSR count). The summed E-state index contributed by atoms with van der Waals surface area (Å²) in [5.41, 5.74) is 12.4. The maximum Gasteiger partial charge on any atom is 0.135 e. The molecular weight excluding hydrogens is 687 g/mol. The highest BCUT2D eigenvalue weighted by Gasteiger charge is 2.20. The molecular formula is C52H33NOS. The first kappa shape index (κ1) is 31.6. The predicted molar refractivity (Wildman–Crippen MR) is 235 cm³/mol. The third-order valence-corrected chi connectivity index (χ3v) is 12.0. The van der Waals surface area contributed by atoms with Gasteiger partial charge in [-0.3, -0.25) is 0 Å². The SMILES string of the molecule is c1cc(-c2ccc(-c3ccc(N(c4ccc5oc6ccccc6c5c4)c4cccc5sc6ccccc6c45)cc3)cc2)cc(-c2ccc3ccccc3c2)c1. The smallest absolute Gasteiger partial charge is 0.135 e. The molecule has 0 spiro atoms. The topological polar surface area (TPSA) is 16.4 Å². The quantitative estimate of drug-likeness (QED) is 0.170. The van der Waals surface area contributed by atoms with Gasteiger partial charge in [0.15, 0.2) is 0 Å². The molecule has 0 radical (unpaired) electrons. The minimum absolute atomic E-state index is 0.892. The van der Waals surface area contributed by atoms with Gasteiger partial charge in [-0.2, -0.15) is 0 Å². The van der Waals surface area contributed by atoms with Crippen LogP contribution in [0.4, 0.5) is 17.1 Å². The molecule has 11 aromatic rings. The summed E-state index contributed by atoms with van der Waals surface area (Å²) in [5, 5.41) is 7.30. The van der Waals surface area contributed by atoms with Crippen LogP contribution in [-0.4, -0.2) is 0 Å². The molecule has 0 atom stereocenters. The lowest BCUT2D eigenvalue weighted by Gasteiger charge is -2.27. The van der Waals surface area contributed by atoms with Crippen molar-refractivity contribution in [3.63, 3.8) is 0 Å². The van der Waals surface area contributed by atoms with Crippen molar-refractivity contribution < 1.29 is 4.42 Å². The lowest BCUT2D eigenvalue weighted by molar-refractivity contribution is 0.669. The van der Waals surface area contributed by atoms with Crippen molar-refractivity contribution >= 4 is 81.3 Å². The van der Waals surface area contributed by atoms with Crippen LogP contribution in [0.2, 0.25) is 0 Å². The number of furan rings is 1. The van der Waals surface area contributed by atoms with E-state index in [1.165, 1.54) is 64.3 Å². The molecule has 0 aliphatic rings. The summed E-state index contributed by atoms with van der Waals surface area (Å²) in [4.78, 5) is 2.40. The van der Waals surface area contributed by atoms with Crippen molar-refractivity contribution in [2.75, 3.05) is 4.90 Å². The molecule has 0 N–H and O–H groups in total. The van der Waals surface area contributed by atoms with Crippen molar-refractivity contribution in [2.24, 2.45) is 0 Å². The molecule has 0 unspecified atom stereocenters. The van der Waals surface area contributed by atoms with E-state index in [4.69, 9.17) is 4.42 Å². The molecule has 2 nitrogen and oxygen atoms in total. The highest BCUT2D eigenvalue weighted by molar-refractivity contribution is 7.26. The van der Waals surface area contributed by atoms with Crippen LogP contribution in [0, 0.1) is 0 Å². The summed E-state index contributed by atoms with van der Waals surface area (Å²) in [6.45, 7) is 0. The molecule has 55 heavy (non-hydrogen) atoms. The lowest BCUT2D eigenvalue weighted by atomic mass is 9.96. The Hall–Kier alpha value is -6.94. The Balaban J connectivity index is 0.965. The maximum atomic E-state index is 6.24. The molecule has 0 saturated carbocycles. The third-order valence-electron chi connectivity index (χ3n) is 10.9. The van der Waals surface area contributed by atoms with Crippen LogP contribution in [0.25, 0.3) is 86.3 Å². The number of fused-ring (bicyclic) bond motifs is 7. The van der Waals surface area contributed by atoms with Crippen molar-refractivity contribution in [3.8, 4) is 33.4 Å². The zero-order valence-electron chi connectivity index (χ0n) is 29.8. The summed E-state index contributed by atoms with van der Waals surface area (Å²) in [7, 11) is 0. The average Bonchev–Trinajstić information content (AvgIpc) is 3.83. The number of nitrogens with zero attached hydrogens (tertiary/aromatic N) is 1. The third kappa shape index (κ3) is 5.48. The molecule has 0 amide bonds. The Morgan fingerprint density at radius 3 is 1.76 bits per heavy atom. The van der Waals surface area contributed by atoms with E-state index < -0.39 is 0 Å². The average molecular weight is 720 g/mol. The molecule has 0 fully saturated rings. The van der Waals surface area contributed by atoms with E-state index in [2.05, 4.69) is 193 Å². The molecule has 258 valence electrons. The van der Waals surface area contributed by atoms with Gasteiger partial charge in [-0.05, 0) is 111 Å². The molecule has 2 heterocycles. The summed E-state index contributed by atoms with van der Waals surface area (Å²) < 4.78 is 8.81. The second kappa shape index (κ2) is 12.9. The first-order valence-electron chi connectivity index (χ1n) is 18.7. The van der Waals surface area contributed by atoms with Crippen LogP contribution in [0.3, 0.4) is 0 Å². The monoisotopic (exact) mass is 719 g/mol. The summed E-state index contributed by atoms with van der Waals surface area (Å²) >= 11 is 1.85. The van der Waals surface area contributed by atoms with E-state index in [1.807, 2.05) is 23.5 Å². The Morgan fingerprint density at radius 2 is 0.927 bits per heavy atom. The van der Waals surface area contributed by atoms with Gasteiger partial charge in [0.2, 0.25) is 0 Å². The fourth-order valence-electron chi connectivity index (χ4n) is 8.13. The molecule has 0 aliphatic heterocycles. The zero-order valence-corrected chi connectivity index (χ0v) is 30.6. The van der Waals surface area contributed by atoms with Gasteiger partial charge in [-0.15, -0.1) is 11.3 Å². The minimum Gasteiger partial charge on any atom is -0.456 e. The van der Waals surface area contributed by atoms with Gasteiger partial charge in [0.1, 0.15) is 11.2 Å². The van der Waals surface area contributed by atoms with Crippen molar-refractivity contribution in [2.45, 2.75) is 0 Å². The zero-order chi connectivity index (χ0) is 36.3. The predicted octanol–water partition coefficient (Wildman–Crippen LogP) is 15.6. The number of rotatable bonds is 6. The summed E-state index contributed by atoms with van der Waals surface area (Å²) in [5.74, 6) is 0. The Morgan fingerprint density at radius 1 is 0.345 bits per heavy atom. The highest BCUT2D eigenvalue weighted by Crippen LogP contribution is 2.46. The second-order valence-electron chi connectivity index (χ2n) is 14.1. The van der Waals surface area contributed by atoms with Crippen LogP contribution >= 0.6 is 11.3 Å². The van der Waals surface area contributed by atoms with Crippen LogP contribution in [0.1, 0.15) is 0 Å². The highest BCUT2D eigenvalue weighted by atomic mass is 32.1. The Labute approximate surface area is 322 Å². The molecule has 0 saturated heterocycles. The Bertz CT molecular complexity index is 3210. The number of para-hydroxylation sites is 1. The normalized spacial score (nSPS) is 11.6. The van der Waals surface area contributed by atoms with E-state index in [0.29, 0.717) is 0 Å². The van der Waals surface area contributed by atoms with E-state index in [-0.39, 0.29) is 0 Å². The largest absolute Gasteiger partial charge is 0.456 e. The summed E-state index contributed by atoms with van der Waals surface area (Å²) in [6, 6.07) is 72.3. The van der Waals surface area contributed by atoms with Crippen LogP contribution in [-0.2, 0) is 0 Å². The van der Waals surface area contributed by atoms with E-state index in [9.17, 15) is 0 Å². The van der Waals surface area contributed by atoms with Gasteiger partial charge < -0.3 is 9.32 Å². The molecule has 0 aliphatic carbocycles. The molecule has 3 heteroatoms. The number of benzene rings is 9. The van der Waals surface area contributed by atoms with Gasteiger partial charge in [-0.25, -0.2) is 0 Å². The van der Waals surface area contributed by atoms with Gasteiger partial charge >= 0.3 is 0 Å². The minimum atomic E-state index is 0.892. The van der Waals surface area contributed by atoms with E-state index >= 15 is 0 Å². The molecule has 0 bridgehead atoms. The van der Waals surface area contributed by atoms with Crippen LogP contribution in [0.5, 0.6) is 0 Å². The van der Waals surface area contributed by atoms with E-state index in [1.54, 1.807) is 0 Å². The number of hydrogen-bond acceptors (Lipinski definition) is 3. The first-order chi connectivity index (χ1) is 27.2. The van der Waals surface area contributed by atoms with Gasteiger partial charge in [0.05, 0.1) is 5.69 Å². The molecule has 2 aromatic heterocycles. The van der Waals surface area contributed by atoms with Crippen LogP contribution in [0.15, 0.2) is 205 Å². The number of anilines is 3. The summed E-state index contributed by atoms with van der Waals surface area (Å²) in [6.07, 6.45) is 0. The van der Waals surface area contributed by atoms with Crippen molar-refractivity contribution in [1.82, 2.24) is 0 Å². The number of thiophene rings is 1.